The molecule has 2 aromatic carbocycles. The number of nitrogens with zero attached hydrogens (tertiary/aromatic N) is 2. The van der Waals surface area contributed by atoms with Crippen molar-refractivity contribution in [3.63, 3.8) is 0 Å². The summed E-state index contributed by atoms with van der Waals surface area (Å²) in [5.41, 5.74) is 7.67. The summed E-state index contributed by atoms with van der Waals surface area (Å²) in [7, 11) is -3.15. The van der Waals surface area contributed by atoms with E-state index in [1.807, 2.05) is 18.2 Å². The first-order chi connectivity index (χ1) is 13.7. The summed E-state index contributed by atoms with van der Waals surface area (Å²) in [4.78, 5) is 25.8. The zero-order valence-corrected chi connectivity index (χ0v) is 17.0. The number of amides is 2. The van der Waals surface area contributed by atoms with Crippen LogP contribution in [0.5, 0.6) is 0 Å². The summed E-state index contributed by atoms with van der Waals surface area (Å²) in [6.45, 7) is 2.89. The van der Waals surface area contributed by atoms with Crippen LogP contribution in [-0.2, 0) is 16.6 Å². The molecular weight excluding hydrogens is 392 g/mol. The van der Waals surface area contributed by atoms with Gasteiger partial charge in [-0.15, -0.1) is 0 Å². The van der Waals surface area contributed by atoms with Crippen molar-refractivity contribution in [1.29, 1.82) is 0 Å². The Kier molecular flexibility index (Phi) is 6.31. The van der Waals surface area contributed by atoms with Crippen molar-refractivity contribution >= 4 is 27.5 Å². The Bertz CT molecular complexity index is 997. The first-order valence-electron chi connectivity index (χ1n) is 9.20. The fraction of sp³-hybridized carbons (Fsp3) is 0.300. The Morgan fingerprint density at radius 2 is 1.66 bits per heavy atom. The molecular formula is C20H24N4O4S. The SMILES string of the molecule is CS(=O)(=O)N1CCN(Cc2cccc(C(=O)Nc3ccc(C(N)=O)cc3)c2)CC1. The second-order valence-electron chi connectivity index (χ2n) is 7.03. The van der Waals surface area contributed by atoms with E-state index < -0.39 is 15.9 Å². The normalized spacial score (nSPS) is 15.8. The second-order valence-corrected chi connectivity index (χ2v) is 9.02. The number of hydrogen-bond acceptors (Lipinski definition) is 5. The number of piperazine rings is 1. The highest BCUT2D eigenvalue weighted by molar-refractivity contribution is 7.88. The quantitative estimate of drug-likeness (QED) is 0.733. The lowest BCUT2D eigenvalue weighted by Gasteiger charge is -2.33. The number of sulfonamides is 1. The molecule has 0 atom stereocenters. The molecule has 0 aliphatic carbocycles. The van der Waals surface area contributed by atoms with Crippen LogP contribution in [0, 0.1) is 0 Å². The van der Waals surface area contributed by atoms with E-state index in [2.05, 4.69) is 10.2 Å². The molecule has 9 heteroatoms. The van der Waals surface area contributed by atoms with Gasteiger partial charge in [0.25, 0.3) is 5.91 Å². The smallest absolute Gasteiger partial charge is 0.255 e. The molecule has 3 rings (SSSR count). The molecule has 2 aromatic rings. The third-order valence-corrected chi connectivity index (χ3v) is 6.13. The summed E-state index contributed by atoms with van der Waals surface area (Å²) in [6.07, 6.45) is 1.23. The van der Waals surface area contributed by atoms with Gasteiger partial charge in [-0.1, -0.05) is 12.1 Å². The molecule has 0 spiro atoms. The van der Waals surface area contributed by atoms with Gasteiger partial charge in [0, 0.05) is 49.5 Å². The molecule has 1 aliphatic rings. The zero-order valence-electron chi connectivity index (χ0n) is 16.2. The lowest BCUT2D eigenvalue weighted by Crippen LogP contribution is -2.47. The van der Waals surface area contributed by atoms with Crippen molar-refractivity contribution in [2.45, 2.75) is 6.54 Å². The van der Waals surface area contributed by atoms with E-state index in [0.717, 1.165) is 5.56 Å². The number of primary amides is 1. The summed E-state index contributed by atoms with van der Waals surface area (Å²) in [5, 5.41) is 2.80. The first kappa shape index (κ1) is 21.0. The Balaban J connectivity index is 1.60. The topological polar surface area (TPSA) is 113 Å². The van der Waals surface area contributed by atoms with Gasteiger partial charge in [0.15, 0.2) is 0 Å². The highest BCUT2D eigenvalue weighted by atomic mass is 32.2. The van der Waals surface area contributed by atoms with Crippen LogP contribution in [-0.4, -0.2) is 61.9 Å². The van der Waals surface area contributed by atoms with Gasteiger partial charge in [-0.2, -0.15) is 4.31 Å². The van der Waals surface area contributed by atoms with E-state index in [9.17, 15) is 18.0 Å². The van der Waals surface area contributed by atoms with Crippen LogP contribution in [0.2, 0.25) is 0 Å². The minimum Gasteiger partial charge on any atom is -0.366 e. The molecule has 8 nitrogen and oxygen atoms in total. The Hall–Kier alpha value is -2.75. The molecule has 0 aromatic heterocycles. The van der Waals surface area contributed by atoms with E-state index in [4.69, 9.17) is 5.73 Å². The van der Waals surface area contributed by atoms with E-state index in [-0.39, 0.29) is 5.91 Å². The average Bonchev–Trinajstić information content (AvgIpc) is 2.68. The summed E-state index contributed by atoms with van der Waals surface area (Å²) in [6, 6.07) is 13.7. The highest BCUT2D eigenvalue weighted by Gasteiger charge is 2.23. The monoisotopic (exact) mass is 416 g/mol. The molecule has 1 saturated heterocycles. The van der Waals surface area contributed by atoms with Gasteiger partial charge in [0.05, 0.1) is 6.26 Å². The standard InChI is InChI=1S/C20H24N4O4S/c1-29(27,28)24-11-9-23(10-12-24)14-15-3-2-4-17(13-15)20(26)22-18-7-5-16(6-8-18)19(21)25/h2-8,13H,9-12,14H2,1H3,(H2,21,25)(H,22,26). The molecule has 0 saturated carbocycles. The minimum absolute atomic E-state index is 0.249. The summed E-state index contributed by atoms with van der Waals surface area (Å²) >= 11 is 0. The van der Waals surface area contributed by atoms with Crippen LogP contribution in [0.25, 0.3) is 0 Å². The number of benzene rings is 2. The highest BCUT2D eigenvalue weighted by Crippen LogP contribution is 2.15. The molecule has 154 valence electrons. The Morgan fingerprint density at radius 3 is 2.24 bits per heavy atom. The van der Waals surface area contributed by atoms with Crippen molar-refractivity contribution in [3.8, 4) is 0 Å². The maximum atomic E-state index is 12.5. The van der Waals surface area contributed by atoms with Gasteiger partial charge >= 0.3 is 0 Å². The minimum atomic E-state index is -3.15. The zero-order chi connectivity index (χ0) is 21.0. The molecule has 2 amide bonds. The van der Waals surface area contributed by atoms with Crippen LogP contribution >= 0.6 is 0 Å². The van der Waals surface area contributed by atoms with Crippen LogP contribution < -0.4 is 11.1 Å². The lowest BCUT2D eigenvalue weighted by molar-refractivity contribution is 0.0998. The van der Waals surface area contributed by atoms with Crippen molar-refractivity contribution < 1.29 is 18.0 Å². The van der Waals surface area contributed by atoms with Crippen molar-refractivity contribution in [3.05, 3.63) is 65.2 Å². The largest absolute Gasteiger partial charge is 0.366 e. The Labute approximate surface area is 170 Å². The third kappa shape index (κ3) is 5.63. The van der Waals surface area contributed by atoms with Gasteiger partial charge < -0.3 is 11.1 Å². The number of anilines is 1. The van der Waals surface area contributed by atoms with Gasteiger partial charge in [-0.25, -0.2) is 8.42 Å². The molecule has 0 unspecified atom stereocenters. The molecule has 1 aliphatic heterocycles. The second kappa shape index (κ2) is 8.73. The van der Waals surface area contributed by atoms with Crippen LogP contribution in [0.1, 0.15) is 26.3 Å². The maximum Gasteiger partial charge on any atom is 0.255 e. The molecule has 0 bridgehead atoms. The van der Waals surface area contributed by atoms with Crippen LogP contribution in [0.4, 0.5) is 5.69 Å². The summed E-state index contributed by atoms with van der Waals surface area (Å²) in [5.74, 6) is -0.770. The number of carbonyl (C=O) groups excluding carboxylic acids is 2. The van der Waals surface area contributed by atoms with E-state index in [1.165, 1.54) is 10.6 Å². The number of carbonyl (C=O) groups is 2. The average molecular weight is 417 g/mol. The van der Waals surface area contributed by atoms with E-state index in [1.54, 1.807) is 30.3 Å². The number of nitrogens with one attached hydrogen (secondary N) is 1. The Morgan fingerprint density at radius 1 is 1.00 bits per heavy atom. The lowest BCUT2D eigenvalue weighted by atomic mass is 10.1. The van der Waals surface area contributed by atoms with Gasteiger partial charge in [0.1, 0.15) is 0 Å². The number of rotatable bonds is 6. The van der Waals surface area contributed by atoms with Crippen molar-refractivity contribution in [1.82, 2.24) is 9.21 Å². The van der Waals surface area contributed by atoms with Crippen LogP contribution in [0.3, 0.4) is 0 Å². The molecule has 3 N–H and O–H groups in total. The number of nitrogens with two attached hydrogens (primary N) is 1. The predicted octanol–water partition coefficient (Wildman–Crippen LogP) is 1.11. The van der Waals surface area contributed by atoms with E-state index >= 15 is 0 Å². The van der Waals surface area contributed by atoms with Crippen molar-refractivity contribution in [2.24, 2.45) is 5.73 Å². The molecule has 1 fully saturated rings. The maximum absolute atomic E-state index is 12.5. The van der Waals surface area contributed by atoms with Crippen molar-refractivity contribution in [2.75, 3.05) is 37.8 Å². The van der Waals surface area contributed by atoms with Gasteiger partial charge in [-0.3, -0.25) is 14.5 Å². The molecule has 0 radical (unpaired) electrons. The fourth-order valence-electron chi connectivity index (χ4n) is 3.21. The van der Waals surface area contributed by atoms with Crippen LogP contribution in [0.15, 0.2) is 48.5 Å². The fourth-order valence-corrected chi connectivity index (χ4v) is 4.04. The summed E-state index contributed by atoms with van der Waals surface area (Å²) < 4.78 is 24.7. The van der Waals surface area contributed by atoms with Gasteiger partial charge in [-0.05, 0) is 42.0 Å². The molecule has 1 heterocycles. The third-order valence-electron chi connectivity index (χ3n) is 4.82. The molecule has 29 heavy (non-hydrogen) atoms. The first-order valence-corrected chi connectivity index (χ1v) is 11.0. The van der Waals surface area contributed by atoms with E-state index in [0.29, 0.717) is 49.5 Å². The number of hydrogen-bond donors (Lipinski definition) is 2. The predicted molar refractivity (Wildman–Crippen MR) is 111 cm³/mol. The van der Waals surface area contributed by atoms with Gasteiger partial charge in [0.2, 0.25) is 15.9 Å².